The first-order valence-corrected chi connectivity index (χ1v) is 8.08. The second-order valence-electron chi connectivity index (χ2n) is 5.28. The minimum Gasteiger partial charge on any atom is -0.354 e. The molecule has 0 saturated carbocycles. The minimum absolute atomic E-state index is 0.191. The highest BCUT2D eigenvalue weighted by Crippen LogP contribution is 2.10. The van der Waals surface area contributed by atoms with E-state index >= 15 is 0 Å². The summed E-state index contributed by atoms with van der Waals surface area (Å²) in [5.74, 6) is 0.304. The van der Waals surface area contributed by atoms with Crippen molar-refractivity contribution in [1.82, 2.24) is 15.3 Å². The van der Waals surface area contributed by atoms with E-state index in [-0.39, 0.29) is 5.91 Å². The summed E-state index contributed by atoms with van der Waals surface area (Å²) in [6, 6.07) is 9.29. The van der Waals surface area contributed by atoms with Gasteiger partial charge in [0.1, 0.15) is 5.69 Å². The van der Waals surface area contributed by atoms with Gasteiger partial charge >= 0.3 is 0 Å². The SMILES string of the molecule is CCCNc1nc(C)cc(C(=O)NCCc2ccc(Cl)cc2)n1. The van der Waals surface area contributed by atoms with Crippen molar-refractivity contribution < 1.29 is 4.79 Å². The third-order valence-electron chi connectivity index (χ3n) is 3.23. The number of carbonyl (C=O) groups is 1. The van der Waals surface area contributed by atoms with Crippen LogP contribution in [0.5, 0.6) is 0 Å². The molecule has 1 heterocycles. The van der Waals surface area contributed by atoms with Gasteiger partial charge in [-0.2, -0.15) is 0 Å². The average molecular weight is 333 g/mol. The number of hydrogen-bond donors (Lipinski definition) is 2. The summed E-state index contributed by atoms with van der Waals surface area (Å²) in [7, 11) is 0. The van der Waals surface area contributed by atoms with Gasteiger partial charge in [-0.3, -0.25) is 4.79 Å². The van der Waals surface area contributed by atoms with Crippen LogP contribution < -0.4 is 10.6 Å². The first-order chi connectivity index (χ1) is 11.1. The molecule has 2 N–H and O–H groups in total. The molecule has 0 aliphatic rings. The fourth-order valence-corrected chi connectivity index (χ4v) is 2.19. The van der Waals surface area contributed by atoms with E-state index in [0.29, 0.717) is 23.2 Å². The van der Waals surface area contributed by atoms with Crippen LogP contribution in [0.25, 0.3) is 0 Å². The summed E-state index contributed by atoms with van der Waals surface area (Å²) in [6.07, 6.45) is 1.72. The largest absolute Gasteiger partial charge is 0.354 e. The van der Waals surface area contributed by atoms with Gasteiger partial charge in [0.2, 0.25) is 5.95 Å². The zero-order valence-electron chi connectivity index (χ0n) is 13.4. The van der Waals surface area contributed by atoms with Crippen LogP contribution in [0.4, 0.5) is 5.95 Å². The monoisotopic (exact) mass is 332 g/mol. The van der Waals surface area contributed by atoms with E-state index in [1.807, 2.05) is 31.2 Å². The summed E-state index contributed by atoms with van der Waals surface area (Å²) >= 11 is 5.85. The van der Waals surface area contributed by atoms with E-state index in [0.717, 1.165) is 30.6 Å². The first-order valence-electron chi connectivity index (χ1n) is 7.70. The molecule has 0 aliphatic heterocycles. The molecular weight excluding hydrogens is 312 g/mol. The van der Waals surface area contributed by atoms with E-state index in [2.05, 4.69) is 27.5 Å². The van der Waals surface area contributed by atoms with Gasteiger partial charge in [0.15, 0.2) is 0 Å². The summed E-state index contributed by atoms with van der Waals surface area (Å²) in [4.78, 5) is 20.7. The van der Waals surface area contributed by atoms with Crippen molar-refractivity contribution in [1.29, 1.82) is 0 Å². The molecule has 1 amide bonds. The molecule has 0 radical (unpaired) electrons. The first kappa shape index (κ1) is 17.2. The number of benzene rings is 1. The maximum atomic E-state index is 12.2. The average Bonchev–Trinajstić information content (AvgIpc) is 2.54. The van der Waals surface area contributed by atoms with Crippen LogP contribution in [-0.4, -0.2) is 29.0 Å². The topological polar surface area (TPSA) is 66.9 Å². The lowest BCUT2D eigenvalue weighted by molar-refractivity contribution is 0.0949. The highest BCUT2D eigenvalue weighted by molar-refractivity contribution is 6.30. The molecule has 0 aliphatic carbocycles. The molecule has 1 aromatic carbocycles. The normalized spacial score (nSPS) is 10.4. The molecule has 2 rings (SSSR count). The molecular formula is C17H21ClN4O. The van der Waals surface area contributed by atoms with Gasteiger partial charge in [-0.25, -0.2) is 9.97 Å². The lowest BCUT2D eigenvalue weighted by Crippen LogP contribution is -2.27. The molecule has 122 valence electrons. The number of aryl methyl sites for hydroxylation is 1. The lowest BCUT2D eigenvalue weighted by atomic mass is 10.1. The van der Waals surface area contributed by atoms with E-state index < -0.39 is 0 Å². The van der Waals surface area contributed by atoms with Crippen LogP contribution in [0.15, 0.2) is 30.3 Å². The standard InChI is InChI=1S/C17H21ClN4O/c1-3-9-20-17-21-12(2)11-15(22-17)16(23)19-10-8-13-4-6-14(18)7-5-13/h4-7,11H,3,8-10H2,1-2H3,(H,19,23)(H,20,21,22). The number of anilines is 1. The van der Waals surface area contributed by atoms with Gasteiger partial charge < -0.3 is 10.6 Å². The van der Waals surface area contributed by atoms with Gasteiger partial charge in [0.25, 0.3) is 5.91 Å². The Bertz CT molecular complexity index is 658. The Kier molecular flexibility index (Phi) is 6.35. The highest BCUT2D eigenvalue weighted by atomic mass is 35.5. The predicted octanol–water partition coefficient (Wildman–Crippen LogP) is 3.23. The van der Waals surface area contributed by atoms with Crippen LogP contribution in [-0.2, 0) is 6.42 Å². The Balaban J connectivity index is 1.92. The maximum absolute atomic E-state index is 12.2. The Labute approximate surface area is 141 Å². The van der Waals surface area contributed by atoms with Crippen molar-refractivity contribution in [2.75, 3.05) is 18.4 Å². The third-order valence-corrected chi connectivity index (χ3v) is 3.48. The van der Waals surface area contributed by atoms with Gasteiger partial charge in [0.05, 0.1) is 0 Å². The van der Waals surface area contributed by atoms with E-state index in [1.54, 1.807) is 6.07 Å². The fraction of sp³-hybridized carbons (Fsp3) is 0.353. The molecule has 0 atom stereocenters. The van der Waals surface area contributed by atoms with Crippen LogP contribution in [0.1, 0.15) is 35.1 Å². The molecule has 0 saturated heterocycles. The highest BCUT2D eigenvalue weighted by Gasteiger charge is 2.10. The Morgan fingerprint density at radius 1 is 1.17 bits per heavy atom. The lowest BCUT2D eigenvalue weighted by Gasteiger charge is -2.08. The quantitative estimate of drug-likeness (QED) is 0.817. The van der Waals surface area contributed by atoms with E-state index in [9.17, 15) is 4.79 Å². The van der Waals surface area contributed by atoms with E-state index in [4.69, 9.17) is 11.6 Å². The fourth-order valence-electron chi connectivity index (χ4n) is 2.06. The Morgan fingerprint density at radius 2 is 1.91 bits per heavy atom. The Morgan fingerprint density at radius 3 is 2.61 bits per heavy atom. The predicted molar refractivity (Wildman–Crippen MR) is 93.0 cm³/mol. The molecule has 0 bridgehead atoms. The van der Waals surface area contributed by atoms with Gasteiger partial charge in [0, 0.05) is 23.8 Å². The number of aromatic nitrogens is 2. The minimum atomic E-state index is -0.191. The molecule has 6 heteroatoms. The maximum Gasteiger partial charge on any atom is 0.270 e. The molecule has 0 unspecified atom stereocenters. The van der Waals surface area contributed by atoms with Gasteiger partial charge in [-0.15, -0.1) is 0 Å². The van der Waals surface area contributed by atoms with Gasteiger partial charge in [-0.1, -0.05) is 30.7 Å². The smallest absolute Gasteiger partial charge is 0.270 e. The summed E-state index contributed by atoms with van der Waals surface area (Å²) < 4.78 is 0. The summed E-state index contributed by atoms with van der Waals surface area (Å²) in [6.45, 7) is 5.23. The number of nitrogens with zero attached hydrogens (tertiary/aromatic N) is 2. The van der Waals surface area contributed by atoms with Crippen molar-refractivity contribution in [2.24, 2.45) is 0 Å². The molecule has 0 spiro atoms. The molecule has 1 aromatic heterocycles. The van der Waals surface area contributed by atoms with Crippen LogP contribution in [0.3, 0.4) is 0 Å². The zero-order chi connectivity index (χ0) is 16.7. The second-order valence-corrected chi connectivity index (χ2v) is 5.71. The summed E-state index contributed by atoms with van der Waals surface area (Å²) in [5.41, 5.74) is 2.27. The Hall–Kier alpha value is -2.14. The number of halogens is 1. The second kappa shape index (κ2) is 8.48. The van der Waals surface area contributed by atoms with Gasteiger partial charge in [-0.05, 0) is 43.5 Å². The third kappa shape index (κ3) is 5.53. The number of hydrogen-bond acceptors (Lipinski definition) is 4. The van der Waals surface area contributed by atoms with Crippen molar-refractivity contribution in [3.63, 3.8) is 0 Å². The zero-order valence-corrected chi connectivity index (χ0v) is 14.2. The molecule has 23 heavy (non-hydrogen) atoms. The number of amides is 1. The summed E-state index contributed by atoms with van der Waals surface area (Å²) in [5, 5.41) is 6.70. The van der Waals surface area contributed by atoms with E-state index in [1.165, 1.54) is 0 Å². The van der Waals surface area contributed by atoms with Crippen molar-refractivity contribution in [3.05, 3.63) is 52.3 Å². The molecule has 0 fully saturated rings. The van der Waals surface area contributed by atoms with Crippen molar-refractivity contribution in [2.45, 2.75) is 26.7 Å². The van der Waals surface area contributed by atoms with Crippen LogP contribution >= 0.6 is 11.6 Å². The van der Waals surface area contributed by atoms with Crippen molar-refractivity contribution in [3.8, 4) is 0 Å². The molecule has 5 nitrogen and oxygen atoms in total. The number of rotatable bonds is 7. The number of nitrogens with one attached hydrogen (secondary N) is 2. The molecule has 2 aromatic rings. The van der Waals surface area contributed by atoms with Crippen molar-refractivity contribution >= 4 is 23.5 Å². The number of carbonyl (C=O) groups excluding carboxylic acids is 1. The van der Waals surface area contributed by atoms with Crippen LogP contribution in [0.2, 0.25) is 5.02 Å². The van der Waals surface area contributed by atoms with Crippen LogP contribution in [0, 0.1) is 6.92 Å².